The standard InChI is InChI=1S/C19H29N5/c1-6-24(17-10-7-9-15(2)13-17)19-21-16(3)14-18(22-19)20-11-8-12-23(4)5/h7,9-10,13-14H,6,8,11-12H2,1-5H3,(H,20,21,22). The van der Waals surface area contributed by atoms with Gasteiger partial charge in [-0.25, -0.2) is 4.98 Å². The number of hydrogen-bond donors (Lipinski definition) is 1. The highest BCUT2D eigenvalue weighted by Gasteiger charge is 2.12. The Hall–Kier alpha value is -2.14. The van der Waals surface area contributed by atoms with Crippen LogP contribution in [-0.2, 0) is 0 Å². The molecule has 0 aliphatic heterocycles. The highest BCUT2D eigenvalue weighted by atomic mass is 15.3. The van der Waals surface area contributed by atoms with Crippen molar-refractivity contribution in [2.75, 3.05) is 43.9 Å². The molecule has 0 saturated carbocycles. The van der Waals surface area contributed by atoms with Crippen molar-refractivity contribution < 1.29 is 0 Å². The first kappa shape index (κ1) is 18.2. The van der Waals surface area contributed by atoms with Crippen LogP contribution in [0.1, 0.15) is 24.6 Å². The predicted molar refractivity (Wildman–Crippen MR) is 102 cm³/mol. The first-order valence-electron chi connectivity index (χ1n) is 8.58. The van der Waals surface area contributed by atoms with E-state index in [-0.39, 0.29) is 0 Å². The lowest BCUT2D eigenvalue weighted by molar-refractivity contribution is 0.405. The number of benzene rings is 1. The minimum absolute atomic E-state index is 0.748. The van der Waals surface area contributed by atoms with E-state index in [9.17, 15) is 0 Å². The van der Waals surface area contributed by atoms with Crippen molar-refractivity contribution in [3.63, 3.8) is 0 Å². The minimum Gasteiger partial charge on any atom is -0.370 e. The molecule has 0 bridgehead atoms. The lowest BCUT2D eigenvalue weighted by Crippen LogP contribution is -2.20. The molecule has 0 unspecified atom stereocenters. The van der Waals surface area contributed by atoms with E-state index in [1.54, 1.807) is 0 Å². The fourth-order valence-corrected chi connectivity index (χ4v) is 2.61. The van der Waals surface area contributed by atoms with Crippen LogP contribution in [0.25, 0.3) is 0 Å². The third-order valence-corrected chi connectivity index (χ3v) is 3.80. The third-order valence-electron chi connectivity index (χ3n) is 3.80. The normalized spacial score (nSPS) is 10.9. The Labute approximate surface area is 145 Å². The van der Waals surface area contributed by atoms with Gasteiger partial charge in [-0.1, -0.05) is 12.1 Å². The number of rotatable bonds is 8. The summed E-state index contributed by atoms with van der Waals surface area (Å²) < 4.78 is 0. The van der Waals surface area contributed by atoms with Crippen LogP contribution in [0.2, 0.25) is 0 Å². The lowest BCUT2D eigenvalue weighted by atomic mass is 10.2. The van der Waals surface area contributed by atoms with Crippen molar-refractivity contribution in [3.05, 3.63) is 41.6 Å². The van der Waals surface area contributed by atoms with E-state index in [2.05, 4.69) is 72.3 Å². The first-order valence-corrected chi connectivity index (χ1v) is 8.58. The van der Waals surface area contributed by atoms with Gasteiger partial charge < -0.3 is 15.1 Å². The molecule has 0 radical (unpaired) electrons. The fourth-order valence-electron chi connectivity index (χ4n) is 2.61. The molecular formula is C19H29N5. The molecule has 24 heavy (non-hydrogen) atoms. The number of anilines is 3. The Kier molecular flexibility index (Phi) is 6.55. The van der Waals surface area contributed by atoms with Gasteiger partial charge in [-0.15, -0.1) is 0 Å². The zero-order valence-electron chi connectivity index (χ0n) is 15.5. The molecule has 0 aliphatic carbocycles. The largest absolute Gasteiger partial charge is 0.370 e. The van der Waals surface area contributed by atoms with Crippen molar-refractivity contribution in [3.8, 4) is 0 Å². The van der Waals surface area contributed by atoms with Crippen LogP contribution in [0.4, 0.5) is 17.5 Å². The number of nitrogens with zero attached hydrogens (tertiary/aromatic N) is 4. The van der Waals surface area contributed by atoms with Gasteiger partial charge in [0.25, 0.3) is 0 Å². The van der Waals surface area contributed by atoms with Gasteiger partial charge in [0.1, 0.15) is 5.82 Å². The Morgan fingerprint density at radius 1 is 1.08 bits per heavy atom. The molecule has 0 spiro atoms. The van der Waals surface area contributed by atoms with Crippen LogP contribution in [0, 0.1) is 13.8 Å². The summed E-state index contributed by atoms with van der Waals surface area (Å²) in [5.74, 6) is 1.64. The average Bonchev–Trinajstić information content (AvgIpc) is 2.52. The molecule has 2 rings (SSSR count). The molecule has 1 heterocycles. The summed E-state index contributed by atoms with van der Waals surface area (Å²) in [6.07, 6.45) is 1.08. The van der Waals surface area contributed by atoms with Gasteiger partial charge in [-0.05, 0) is 65.5 Å². The molecule has 0 saturated heterocycles. The molecule has 5 nitrogen and oxygen atoms in total. The van der Waals surface area contributed by atoms with Gasteiger partial charge in [0.2, 0.25) is 5.95 Å². The third kappa shape index (κ3) is 5.20. The van der Waals surface area contributed by atoms with Gasteiger partial charge in [0.05, 0.1) is 0 Å². The Bertz CT molecular complexity index is 654. The van der Waals surface area contributed by atoms with E-state index in [0.29, 0.717) is 0 Å². The van der Waals surface area contributed by atoms with Gasteiger partial charge >= 0.3 is 0 Å². The van der Waals surface area contributed by atoms with Crippen molar-refractivity contribution in [1.82, 2.24) is 14.9 Å². The topological polar surface area (TPSA) is 44.3 Å². The van der Waals surface area contributed by atoms with E-state index in [1.165, 1.54) is 5.56 Å². The SMILES string of the molecule is CCN(c1cccc(C)c1)c1nc(C)cc(NCCCN(C)C)n1. The lowest BCUT2D eigenvalue weighted by Gasteiger charge is -2.22. The Morgan fingerprint density at radius 2 is 1.88 bits per heavy atom. The zero-order valence-corrected chi connectivity index (χ0v) is 15.5. The fraction of sp³-hybridized carbons (Fsp3) is 0.474. The molecule has 0 aliphatic rings. The second-order valence-electron chi connectivity index (χ2n) is 6.36. The summed E-state index contributed by atoms with van der Waals surface area (Å²) >= 11 is 0. The van der Waals surface area contributed by atoms with E-state index in [4.69, 9.17) is 4.98 Å². The summed E-state index contributed by atoms with van der Waals surface area (Å²) in [5, 5.41) is 3.42. The number of hydrogen-bond acceptors (Lipinski definition) is 5. The summed E-state index contributed by atoms with van der Waals surface area (Å²) in [6.45, 7) is 9.04. The van der Waals surface area contributed by atoms with Crippen LogP contribution < -0.4 is 10.2 Å². The molecule has 130 valence electrons. The number of aryl methyl sites for hydroxylation is 2. The molecule has 5 heteroatoms. The molecular weight excluding hydrogens is 298 g/mol. The van der Waals surface area contributed by atoms with Gasteiger partial charge in [-0.2, -0.15) is 4.98 Å². The molecule has 1 N–H and O–H groups in total. The van der Waals surface area contributed by atoms with Crippen molar-refractivity contribution >= 4 is 17.5 Å². The van der Waals surface area contributed by atoms with Gasteiger partial charge in [-0.3, -0.25) is 0 Å². The predicted octanol–water partition coefficient (Wildman–Crippen LogP) is 3.62. The van der Waals surface area contributed by atoms with Crippen molar-refractivity contribution in [1.29, 1.82) is 0 Å². The maximum absolute atomic E-state index is 4.72. The molecule has 2 aromatic rings. The summed E-state index contributed by atoms with van der Waals surface area (Å²) in [4.78, 5) is 13.7. The van der Waals surface area contributed by atoms with Crippen molar-refractivity contribution in [2.24, 2.45) is 0 Å². The second kappa shape index (κ2) is 8.64. The molecule has 0 atom stereocenters. The monoisotopic (exact) mass is 327 g/mol. The molecule has 1 aromatic heterocycles. The quantitative estimate of drug-likeness (QED) is 0.750. The molecule has 0 amide bonds. The smallest absolute Gasteiger partial charge is 0.232 e. The zero-order chi connectivity index (χ0) is 17.5. The Morgan fingerprint density at radius 3 is 2.54 bits per heavy atom. The van der Waals surface area contributed by atoms with Crippen LogP contribution in [0.15, 0.2) is 30.3 Å². The maximum atomic E-state index is 4.72. The van der Waals surface area contributed by atoms with Crippen LogP contribution in [0.5, 0.6) is 0 Å². The molecule has 0 fully saturated rings. The van der Waals surface area contributed by atoms with Gasteiger partial charge in [0.15, 0.2) is 0 Å². The second-order valence-corrected chi connectivity index (χ2v) is 6.36. The first-order chi connectivity index (χ1) is 11.5. The van der Waals surface area contributed by atoms with Crippen LogP contribution in [-0.4, -0.2) is 48.6 Å². The van der Waals surface area contributed by atoms with E-state index >= 15 is 0 Å². The summed E-state index contributed by atoms with van der Waals surface area (Å²) in [7, 11) is 4.18. The minimum atomic E-state index is 0.748. The van der Waals surface area contributed by atoms with E-state index in [0.717, 1.165) is 49.2 Å². The van der Waals surface area contributed by atoms with E-state index in [1.807, 2.05) is 13.0 Å². The van der Waals surface area contributed by atoms with E-state index < -0.39 is 0 Å². The molecule has 1 aromatic carbocycles. The summed E-state index contributed by atoms with van der Waals surface area (Å²) in [5.41, 5.74) is 3.34. The Balaban J connectivity index is 2.16. The number of aromatic nitrogens is 2. The number of nitrogens with one attached hydrogen (secondary N) is 1. The average molecular weight is 327 g/mol. The van der Waals surface area contributed by atoms with Crippen molar-refractivity contribution in [2.45, 2.75) is 27.2 Å². The maximum Gasteiger partial charge on any atom is 0.232 e. The highest BCUT2D eigenvalue weighted by Crippen LogP contribution is 2.24. The highest BCUT2D eigenvalue weighted by molar-refractivity contribution is 5.59. The van der Waals surface area contributed by atoms with Crippen LogP contribution in [0.3, 0.4) is 0 Å². The van der Waals surface area contributed by atoms with Gasteiger partial charge in [0, 0.05) is 30.5 Å². The van der Waals surface area contributed by atoms with Crippen LogP contribution >= 0.6 is 0 Å². The summed E-state index contributed by atoms with van der Waals surface area (Å²) in [6, 6.07) is 10.4.